The van der Waals surface area contributed by atoms with Crippen LogP contribution in [0.4, 0.5) is 5.69 Å². The van der Waals surface area contributed by atoms with Crippen molar-refractivity contribution in [3.8, 4) is 11.3 Å². The van der Waals surface area contributed by atoms with Crippen LogP contribution in [0.25, 0.3) is 11.3 Å². The number of halogens is 1. The van der Waals surface area contributed by atoms with Crippen LogP contribution >= 0.6 is 11.6 Å². The van der Waals surface area contributed by atoms with Gasteiger partial charge in [-0.2, -0.15) is 0 Å². The van der Waals surface area contributed by atoms with Gasteiger partial charge >= 0.3 is 0 Å². The summed E-state index contributed by atoms with van der Waals surface area (Å²) in [6, 6.07) is 7.45. The molecule has 7 heteroatoms. The molecule has 1 amide bonds. The van der Waals surface area contributed by atoms with Crippen LogP contribution in [0, 0.1) is 22.0 Å². The average molecular weight is 363 g/mol. The Balaban J connectivity index is 1.83. The van der Waals surface area contributed by atoms with Crippen LogP contribution in [0.5, 0.6) is 0 Å². The smallest absolute Gasteiger partial charge is 0.289 e. The fraction of sp³-hybridized carbons (Fsp3) is 0.389. The van der Waals surface area contributed by atoms with Gasteiger partial charge in [-0.05, 0) is 36.5 Å². The Bertz CT molecular complexity index is 807. The number of benzene rings is 1. The zero-order chi connectivity index (χ0) is 18.1. The maximum atomic E-state index is 12.7. The zero-order valence-electron chi connectivity index (χ0n) is 14.1. The van der Waals surface area contributed by atoms with Gasteiger partial charge in [-0.3, -0.25) is 14.9 Å². The Kier molecular flexibility index (Phi) is 4.81. The molecule has 2 heterocycles. The molecule has 1 aliphatic heterocycles. The lowest BCUT2D eigenvalue weighted by atomic mass is 9.92. The van der Waals surface area contributed by atoms with Crippen molar-refractivity contribution < 1.29 is 14.1 Å². The number of hydrogen-bond donors (Lipinski definition) is 0. The normalized spacial score (nSPS) is 20.5. The van der Waals surface area contributed by atoms with Gasteiger partial charge in [0.1, 0.15) is 5.76 Å². The van der Waals surface area contributed by atoms with Crippen LogP contribution in [0.1, 0.15) is 30.8 Å². The van der Waals surface area contributed by atoms with Crippen molar-refractivity contribution in [1.82, 2.24) is 4.90 Å². The number of furan rings is 1. The number of carbonyl (C=O) groups excluding carboxylic acids is 1. The topological polar surface area (TPSA) is 76.6 Å². The van der Waals surface area contributed by atoms with E-state index in [4.69, 9.17) is 16.0 Å². The van der Waals surface area contributed by atoms with E-state index < -0.39 is 4.92 Å². The molecule has 0 radical (unpaired) electrons. The fourth-order valence-corrected chi connectivity index (χ4v) is 3.67. The first kappa shape index (κ1) is 17.5. The lowest BCUT2D eigenvalue weighted by Gasteiger charge is -2.34. The number of hydrogen-bond acceptors (Lipinski definition) is 4. The molecule has 1 aromatic carbocycles. The third-order valence-corrected chi connectivity index (χ3v) is 4.71. The highest BCUT2D eigenvalue weighted by Gasteiger charge is 2.28. The van der Waals surface area contributed by atoms with E-state index in [0.29, 0.717) is 23.2 Å². The molecule has 1 aromatic heterocycles. The second kappa shape index (κ2) is 6.88. The first-order valence-electron chi connectivity index (χ1n) is 8.18. The van der Waals surface area contributed by atoms with E-state index in [1.807, 2.05) is 4.90 Å². The molecule has 3 rings (SSSR count). The van der Waals surface area contributed by atoms with Crippen LogP contribution in [0.15, 0.2) is 34.7 Å². The van der Waals surface area contributed by atoms with Crippen LogP contribution in [0.2, 0.25) is 5.02 Å². The first-order valence-corrected chi connectivity index (χ1v) is 8.56. The van der Waals surface area contributed by atoms with Crippen molar-refractivity contribution in [2.24, 2.45) is 11.8 Å². The molecule has 132 valence electrons. The summed E-state index contributed by atoms with van der Waals surface area (Å²) in [6.07, 6.45) is 1.12. The molecule has 1 aliphatic rings. The van der Waals surface area contributed by atoms with Crippen molar-refractivity contribution in [3.05, 3.63) is 51.2 Å². The van der Waals surface area contributed by atoms with Gasteiger partial charge in [0, 0.05) is 30.8 Å². The molecular formula is C18H19ClN2O4. The van der Waals surface area contributed by atoms with Gasteiger partial charge in [0.05, 0.1) is 9.95 Å². The summed E-state index contributed by atoms with van der Waals surface area (Å²) in [5.74, 6) is 1.47. The Hall–Kier alpha value is -2.34. The number of nitro benzene ring substituents is 1. The lowest BCUT2D eigenvalue weighted by Crippen LogP contribution is -2.42. The van der Waals surface area contributed by atoms with Crippen LogP contribution in [-0.2, 0) is 0 Å². The van der Waals surface area contributed by atoms with Crippen LogP contribution in [0.3, 0.4) is 0 Å². The highest BCUT2D eigenvalue weighted by atomic mass is 35.5. The Morgan fingerprint density at radius 3 is 2.52 bits per heavy atom. The summed E-state index contributed by atoms with van der Waals surface area (Å²) in [7, 11) is 0. The van der Waals surface area contributed by atoms with E-state index >= 15 is 0 Å². The van der Waals surface area contributed by atoms with Crippen molar-refractivity contribution in [1.29, 1.82) is 0 Å². The second-order valence-corrected chi connectivity index (χ2v) is 7.15. The van der Waals surface area contributed by atoms with E-state index in [1.165, 1.54) is 18.2 Å². The van der Waals surface area contributed by atoms with Crippen molar-refractivity contribution >= 4 is 23.2 Å². The van der Waals surface area contributed by atoms with Crippen LogP contribution in [-0.4, -0.2) is 28.8 Å². The molecule has 0 bridgehead atoms. The molecule has 6 nitrogen and oxygen atoms in total. The minimum atomic E-state index is -0.508. The molecule has 0 spiro atoms. The van der Waals surface area contributed by atoms with Gasteiger partial charge in [0.15, 0.2) is 5.76 Å². The van der Waals surface area contributed by atoms with E-state index in [-0.39, 0.29) is 22.4 Å². The molecule has 0 aliphatic carbocycles. The monoisotopic (exact) mass is 362 g/mol. The Morgan fingerprint density at radius 1 is 1.24 bits per heavy atom. The predicted octanol–water partition coefficient (Wildman–Crippen LogP) is 4.63. The highest BCUT2D eigenvalue weighted by Crippen LogP contribution is 2.33. The number of piperidine rings is 1. The minimum Gasteiger partial charge on any atom is -0.451 e. The number of rotatable bonds is 3. The van der Waals surface area contributed by atoms with Crippen LogP contribution < -0.4 is 0 Å². The summed E-state index contributed by atoms with van der Waals surface area (Å²) in [5.41, 5.74) is 0.430. The summed E-state index contributed by atoms with van der Waals surface area (Å²) in [4.78, 5) is 24.8. The van der Waals surface area contributed by atoms with E-state index in [0.717, 1.165) is 19.5 Å². The molecule has 1 saturated heterocycles. The standard InChI is InChI=1S/C18H19ClN2O4/c1-11-7-12(2)10-20(9-11)18(22)17-6-5-16(25-17)14-4-3-13(21(23)24)8-15(14)19/h3-6,8,11-12H,7,9-10H2,1-2H3/t11-,12-/m1/s1. The van der Waals surface area contributed by atoms with E-state index in [2.05, 4.69) is 13.8 Å². The first-order chi connectivity index (χ1) is 11.8. The number of nitrogens with zero attached hydrogens (tertiary/aromatic N) is 2. The molecule has 2 aromatic rings. The minimum absolute atomic E-state index is 0.0899. The van der Waals surface area contributed by atoms with Gasteiger partial charge in [0.25, 0.3) is 11.6 Å². The highest BCUT2D eigenvalue weighted by molar-refractivity contribution is 6.33. The summed E-state index contributed by atoms with van der Waals surface area (Å²) in [5, 5.41) is 11.0. The number of nitro groups is 1. The third kappa shape index (κ3) is 3.69. The summed E-state index contributed by atoms with van der Waals surface area (Å²) < 4.78 is 5.69. The SMILES string of the molecule is C[C@@H]1C[C@@H](C)CN(C(=O)c2ccc(-c3ccc([N+](=O)[O-])cc3Cl)o2)C1. The van der Waals surface area contributed by atoms with E-state index in [1.54, 1.807) is 12.1 Å². The molecule has 1 fully saturated rings. The summed E-state index contributed by atoms with van der Waals surface area (Å²) in [6.45, 7) is 5.72. The van der Waals surface area contributed by atoms with Crippen molar-refractivity contribution in [2.45, 2.75) is 20.3 Å². The number of non-ortho nitro benzene ring substituents is 1. The molecule has 0 saturated carbocycles. The molecular weight excluding hydrogens is 344 g/mol. The predicted molar refractivity (Wildman–Crippen MR) is 94.7 cm³/mol. The van der Waals surface area contributed by atoms with Crippen molar-refractivity contribution in [2.75, 3.05) is 13.1 Å². The second-order valence-electron chi connectivity index (χ2n) is 6.74. The fourth-order valence-electron chi connectivity index (χ4n) is 3.40. The number of amides is 1. The number of likely N-dealkylation sites (tertiary alicyclic amines) is 1. The van der Waals surface area contributed by atoms with Gasteiger partial charge in [-0.25, -0.2) is 0 Å². The van der Waals surface area contributed by atoms with Gasteiger partial charge in [0.2, 0.25) is 0 Å². The molecule has 0 N–H and O–H groups in total. The average Bonchev–Trinajstić information content (AvgIpc) is 3.02. The molecule has 25 heavy (non-hydrogen) atoms. The lowest BCUT2D eigenvalue weighted by molar-refractivity contribution is -0.384. The molecule has 0 unspecified atom stereocenters. The quantitative estimate of drug-likeness (QED) is 0.589. The van der Waals surface area contributed by atoms with Gasteiger partial charge in [-0.15, -0.1) is 0 Å². The zero-order valence-corrected chi connectivity index (χ0v) is 14.8. The Morgan fingerprint density at radius 2 is 1.92 bits per heavy atom. The maximum Gasteiger partial charge on any atom is 0.289 e. The van der Waals surface area contributed by atoms with Gasteiger partial charge in [-0.1, -0.05) is 25.4 Å². The maximum absolute atomic E-state index is 12.7. The third-order valence-electron chi connectivity index (χ3n) is 4.40. The van der Waals surface area contributed by atoms with Gasteiger partial charge < -0.3 is 9.32 Å². The van der Waals surface area contributed by atoms with E-state index in [9.17, 15) is 14.9 Å². The van der Waals surface area contributed by atoms with Crippen molar-refractivity contribution in [3.63, 3.8) is 0 Å². The largest absolute Gasteiger partial charge is 0.451 e. The number of carbonyl (C=O) groups is 1. The Labute approximate surface area is 150 Å². The summed E-state index contributed by atoms with van der Waals surface area (Å²) >= 11 is 6.12. The molecule has 2 atom stereocenters.